The molecule has 2 atom stereocenters. The number of cyclic esters (lactones) is 1. The molecule has 3 nitrogen and oxygen atoms in total. The molecule has 1 aliphatic heterocycles. The Hall–Kier alpha value is -1.27. The standard InChI is InChI=1S/C6F10O3/c7-2(4(9,10)11)1(17)18-3(8,5(12,13)14)6(15,16)19-2/t2-,3+/m0/s1. The van der Waals surface area contributed by atoms with Crippen LogP contribution < -0.4 is 0 Å². The number of carbonyl (C=O) groups excluding carboxylic acids is 1. The first-order valence-corrected chi connectivity index (χ1v) is 3.91. The molecule has 0 N–H and O–H groups in total. The second-order valence-corrected chi connectivity index (χ2v) is 3.19. The van der Waals surface area contributed by atoms with Gasteiger partial charge in [-0.15, -0.1) is 0 Å². The van der Waals surface area contributed by atoms with Crippen LogP contribution in [0.4, 0.5) is 43.9 Å². The minimum atomic E-state index is -6.65. The van der Waals surface area contributed by atoms with E-state index in [4.69, 9.17) is 0 Å². The van der Waals surface area contributed by atoms with Crippen molar-refractivity contribution in [1.82, 2.24) is 0 Å². The maximum absolute atomic E-state index is 12.9. The molecular formula is C6F10O3. The number of hydrogen-bond donors (Lipinski definition) is 0. The third kappa shape index (κ3) is 1.99. The van der Waals surface area contributed by atoms with Crippen molar-refractivity contribution in [2.24, 2.45) is 0 Å². The second kappa shape index (κ2) is 3.64. The molecule has 0 aromatic carbocycles. The van der Waals surface area contributed by atoms with Crippen LogP contribution in [-0.4, -0.2) is 36.1 Å². The van der Waals surface area contributed by atoms with E-state index in [2.05, 4.69) is 9.47 Å². The molecule has 1 fully saturated rings. The van der Waals surface area contributed by atoms with Gasteiger partial charge in [0.05, 0.1) is 0 Å². The molecule has 13 heteroatoms. The van der Waals surface area contributed by atoms with Gasteiger partial charge in [-0.1, -0.05) is 0 Å². The number of carbonyl (C=O) groups is 1. The summed E-state index contributed by atoms with van der Waals surface area (Å²) in [6.07, 6.45) is -19.6. The van der Waals surface area contributed by atoms with Crippen LogP contribution in [0.1, 0.15) is 0 Å². The van der Waals surface area contributed by atoms with Gasteiger partial charge in [0, 0.05) is 0 Å². The molecule has 1 heterocycles. The van der Waals surface area contributed by atoms with Crippen molar-refractivity contribution >= 4 is 5.97 Å². The smallest absolute Gasteiger partial charge is 0.408 e. The fourth-order valence-electron chi connectivity index (χ4n) is 0.933. The van der Waals surface area contributed by atoms with E-state index in [1.165, 1.54) is 0 Å². The molecule has 0 bridgehead atoms. The van der Waals surface area contributed by atoms with Crippen LogP contribution in [0.15, 0.2) is 0 Å². The number of alkyl halides is 10. The van der Waals surface area contributed by atoms with Crippen molar-refractivity contribution in [1.29, 1.82) is 0 Å². The third-order valence-corrected chi connectivity index (χ3v) is 1.87. The van der Waals surface area contributed by atoms with Gasteiger partial charge in [-0.3, -0.25) is 4.74 Å². The Morgan fingerprint density at radius 2 is 1.26 bits per heavy atom. The van der Waals surface area contributed by atoms with Crippen LogP contribution in [0.3, 0.4) is 0 Å². The monoisotopic (exact) mass is 310 g/mol. The summed E-state index contributed by atoms with van der Waals surface area (Å²) in [6, 6.07) is 0. The normalized spacial score (nSPS) is 36.0. The van der Waals surface area contributed by atoms with Gasteiger partial charge in [0.15, 0.2) is 0 Å². The molecule has 0 aromatic heterocycles. The number of esters is 1. The largest absolute Gasteiger partial charge is 0.470 e. The van der Waals surface area contributed by atoms with Crippen LogP contribution in [0.2, 0.25) is 0 Å². The van der Waals surface area contributed by atoms with E-state index in [0.29, 0.717) is 0 Å². The molecule has 1 rings (SSSR count). The predicted molar refractivity (Wildman–Crippen MR) is 31.9 cm³/mol. The van der Waals surface area contributed by atoms with Gasteiger partial charge < -0.3 is 4.74 Å². The number of halogens is 10. The fraction of sp³-hybridized carbons (Fsp3) is 0.833. The van der Waals surface area contributed by atoms with E-state index in [1.807, 2.05) is 0 Å². The highest BCUT2D eigenvalue weighted by molar-refractivity contribution is 5.80. The molecule has 0 radical (unpaired) electrons. The Morgan fingerprint density at radius 3 is 1.58 bits per heavy atom. The van der Waals surface area contributed by atoms with Crippen molar-refractivity contribution in [2.45, 2.75) is 30.2 Å². The molecule has 112 valence electrons. The van der Waals surface area contributed by atoms with E-state index in [9.17, 15) is 48.7 Å². The zero-order valence-corrected chi connectivity index (χ0v) is 8.00. The molecular weight excluding hydrogens is 310 g/mol. The molecule has 0 spiro atoms. The summed E-state index contributed by atoms with van der Waals surface area (Å²) in [5.41, 5.74) is 0. The molecule has 0 aromatic rings. The summed E-state index contributed by atoms with van der Waals surface area (Å²) in [4.78, 5) is 10.4. The van der Waals surface area contributed by atoms with Gasteiger partial charge in [-0.25, -0.2) is 4.79 Å². The van der Waals surface area contributed by atoms with Crippen LogP contribution in [0.5, 0.6) is 0 Å². The highest BCUT2D eigenvalue weighted by Gasteiger charge is 2.86. The first-order valence-electron chi connectivity index (χ1n) is 3.91. The highest BCUT2D eigenvalue weighted by Crippen LogP contribution is 2.55. The van der Waals surface area contributed by atoms with Gasteiger partial charge in [-0.05, 0) is 0 Å². The van der Waals surface area contributed by atoms with Gasteiger partial charge in [-0.2, -0.15) is 43.9 Å². The van der Waals surface area contributed by atoms with Gasteiger partial charge in [0.1, 0.15) is 0 Å². The Labute approximate surface area is 95.6 Å². The Bertz CT molecular complexity index is 399. The van der Waals surface area contributed by atoms with Crippen molar-refractivity contribution in [3.8, 4) is 0 Å². The highest BCUT2D eigenvalue weighted by atomic mass is 19.4. The minimum Gasteiger partial charge on any atom is -0.408 e. The van der Waals surface area contributed by atoms with Gasteiger partial charge in [0.2, 0.25) is 0 Å². The van der Waals surface area contributed by atoms with Crippen molar-refractivity contribution in [3.63, 3.8) is 0 Å². The number of hydrogen-bond acceptors (Lipinski definition) is 3. The lowest BCUT2D eigenvalue weighted by Crippen LogP contribution is -2.71. The quantitative estimate of drug-likeness (QED) is 0.510. The van der Waals surface area contributed by atoms with Crippen LogP contribution in [0.25, 0.3) is 0 Å². The summed E-state index contributed by atoms with van der Waals surface area (Å²) in [6.45, 7) is 0. The van der Waals surface area contributed by atoms with Crippen LogP contribution in [0, 0.1) is 0 Å². The van der Waals surface area contributed by atoms with E-state index in [1.54, 1.807) is 0 Å². The van der Waals surface area contributed by atoms with Crippen LogP contribution >= 0.6 is 0 Å². The number of ether oxygens (including phenoxy) is 2. The summed E-state index contributed by atoms with van der Waals surface area (Å²) >= 11 is 0. The Morgan fingerprint density at radius 1 is 0.842 bits per heavy atom. The van der Waals surface area contributed by atoms with E-state index < -0.39 is 36.1 Å². The summed E-state index contributed by atoms with van der Waals surface area (Å²) in [7, 11) is 0. The van der Waals surface area contributed by atoms with Crippen molar-refractivity contribution < 1.29 is 58.2 Å². The maximum Gasteiger partial charge on any atom is 0.470 e. The summed E-state index contributed by atoms with van der Waals surface area (Å²) < 4.78 is 127. The third-order valence-electron chi connectivity index (χ3n) is 1.87. The molecule has 1 saturated heterocycles. The zero-order chi connectivity index (χ0) is 15.5. The first-order chi connectivity index (χ1) is 8.08. The minimum absolute atomic E-state index is 2.09. The maximum atomic E-state index is 12.9. The summed E-state index contributed by atoms with van der Waals surface area (Å²) in [5, 5.41) is 0. The average Bonchev–Trinajstić information content (AvgIpc) is 2.10. The topological polar surface area (TPSA) is 35.5 Å². The molecule has 0 unspecified atom stereocenters. The lowest BCUT2D eigenvalue weighted by atomic mass is 10.2. The lowest BCUT2D eigenvalue weighted by Gasteiger charge is -2.41. The summed E-state index contributed by atoms with van der Waals surface area (Å²) in [5.74, 6) is -15.8. The number of rotatable bonds is 0. The fourth-order valence-corrected chi connectivity index (χ4v) is 0.933. The lowest BCUT2D eigenvalue weighted by molar-refractivity contribution is -0.516. The molecule has 0 aliphatic carbocycles. The van der Waals surface area contributed by atoms with Crippen molar-refractivity contribution in [2.75, 3.05) is 0 Å². The van der Waals surface area contributed by atoms with E-state index >= 15 is 0 Å². The Kier molecular flexibility index (Phi) is 3.02. The molecule has 1 aliphatic rings. The molecule has 19 heavy (non-hydrogen) atoms. The second-order valence-electron chi connectivity index (χ2n) is 3.19. The van der Waals surface area contributed by atoms with Gasteiger partial charge >= 0.3 is 36.1 Å². The van der Waals surface area contributed by atoms with Crippen molar-refractivity contribution in [3.05, 3.63) is 0 Å². The van der Waals surface area contributed by atoms with Gasteiger partial charge in [0.25, 0.3) is 0 Å². The van der Waals surface area contributed by atoms with E-state index in [-0.39, 0.29) is 0 Å². The molecule has 0 amide bonds. The first kappa shape index (κ1) is 15.8. The Balaban J connectivity index is 3.32. The SMILES string of the molecule is O=C1O[C@](F)(C(F)(F)F)C(F)(F)O[C@]1(F)C(F)(F)F. The average molecular weight is 310 g/mol. The zero-order valence-electron chi connectivity index (χ0n) is 8.00. The predicted octanol–water partition coefficient (Wildman–Crippen LogP) is 2.61. The van der Waals surface area contributed by atoms with E-state index in [0.717, 1.165) is 0 Å². The van der Waals surface area contributed by atoms with Crippen LogP contribution in [-0.2, 0) is 14.3 Å². The molecule has 0 saturated carbocycles.